The lowest BCUT2D eigenvalue weighted by Crippen LogP contribution is -2.41. The number of ether oxygens (including phenoxy) is 2. The largest absolute Gasteiger partial charge is 0.486 e. The first-order valence-corrected chi connectivity index (χ1v) is 11.4. The Hall–Kier alpha value is -2.16. The number of hydrogen-bond donors (Lipinski definition) is 1. The van der Waals surface area contributed by atoms with E-state index < -0.39 is 22.5 Å². The molecule has 0 fully saturated rings. The quantitative estimate of drug-likeness (QED) is 0.716. The summed E-state index contributed by atoms with van der Waals surface area (Å²) in [7, 11) is -3.77. The third-order valence-electron chi connectivity index (χ3n) is 4.31. The van der Waals surface area contributed by atoms with E-state index in [1.807, 2.05) is 6.07 Å². The molecule has 0 unspecified atom stereocenters. The van der Waals surface area contributed by atoms with Crippen molar-refractivity contribution in [3.8, 4) is 11.5 Å². The van der Waals surface area contributed by atoms with Crippen LogP contribution in [-0.4, -0.2) is 40.3 Å². The second kappa shape index (κ2) is 8.69. The van der Waals surface area contributed by atoms with Gasteiger partial charge >= 0.3 is 0 Å². The Bertz CT molecular complexity index is 1030. The van der Waals surface area contributed by atoms with Crippen LogP contribution in [0.1, 0.15) is 18.5 Å². The van der Waals surface area contributed by atoms with Crippen LogP contribution in [0.15, 0.2) is 36.4 Å². The highest BCUT2D eigenvalue weighted by molar-refractivity contribution is 7.92. The fraction of sp³-hybridized carbons (Fsp3) is 0.316. The van der Waals surface area contributed by atoms with Crippen molar-refractivity contribution in [2.24, 2.45) is 0 Å². The number of nitrogens with zero attached hydrogens (tertiary/aromatic N) is 1. The average molecular weight is 459 g/mol. The SMILES string of the molecule is C[C@@H](NC(=O)CN(c1cc(Cl)ccc1Cl)S(C)(=O)=O)c1ccc2c(c1)OCCO2. The van der Waals surface area contributed by atoms with Crippen molar-refractivity contribution >= 4 is 44.8 Å². The minimum absolute atomic E-state index is 0.142. The van der Waals surface area contributed by atoms with Gasteiger partial charge in [-0.2, -0.15) is 0 Å². The maximum absolute atomic E-state index is 12.6. The van der Waals surface area contributed by atoms with E-state index in [9.17, 15) is 13.2 Å². The molecule has 10 heteroatoms. The van der Waals surface area contributed by atoms with E-state index in [-0.39, 0.29) is 16.8 Å². The number of carbonyl (C=O) groups is 1. The van der Waals surface area contributed by atoms with E-state index in [0.717, 1.165) is 16.1 Å². The van der Waals surface area contributed by atoms with Gasteiger partial charge in [0.2, 0.25) is 15.9 Å². The molecular formula is C19H20Cl2N2O5S. The van der Waals surface area contributed by atoms with Crippen LogP contribution in [0.5, 0.6) is 11.5 Å². The summed E-state index contributed by atoms with van der Waals surface area (Å²) in [6, 6.07) is 9.44. The molecule has 29 heavy (non-hydrogen) atoms. The topological polar surface area (TPSA) is 84.9 Å². The van der Waals surface area contributed by atoms with Gasteiger partial charge in [-0.15, -0.1) is 0 Å². The summed E-state index contributed by atoms with van der Waals surface area (Å²) in [5.74, 6) is 0.768. The summed E-state index contributed by atoms with van der Waals surface area (Å²) >= 11 is 12.1. The van der Waals surface area contributed by atoms with Crippen LogP contribution >= 0.6 is 23.2 Å². The fourth-order valence-corrected chi connectivity index (χ4v) is 4.18. The van der Waals surface area contributed by atoms with Crippen molar-refractivity contribution in [1.82, 2.24) is 5.32 Å². The Morgan fingerprint density at radius 3 is 2.52 bits per heavy atom. The van der Waals surface area contributed by atoms with Crippen LogP contribution in [0.4, 0.5) is 5.69 Å². The van der Waals surface area contributed by atoms with Gasteiger partial charge in [0, 0.05) is 5.02 Å². The lowest BCUT2D eigenvalue weighted by molar-refractivity contribution is -0.120. The van der Waals surface area contributed by atoms with E-state index in [1.54, 1.807) is 19.1 Å². The maximum atomic E-state index is 12.6. The summed E-state index contributed by atoms with van der Waals surface area (Å²) in [4.78, 5) is 12.6. The first kappa shape index (κ1) is 21.5. The number of benzene rings is 2. The fourth-order valence-electron chi connectivity index (χ4n) is 2.89. The maximum Gasteiger partial charge on any atom is 0.241 e. The molecule has 0 spiro atoms. The monoisotopic (exact) mass is 458 g/mol. The first-order valence-electron chi connectivity index (χ1n) is 8.77. The van der Waals surface area contributed by atoms with Gasteiger partial charge in [0.1, 0.15) is 19.8 Å². The zero-order valence-corrected chi connectivity index (χ0v) is 18.1. The number of amides is 1. The summed E-state index contributed by atoms with van der Waals surface area (Å²) < 4.78 is 36.5. The van der Waals surface area contributed by atoms with Crippen LogP contribution in [0.2, 0.25) is 10.0 Å². The van der Waals surface area contributed by atoms with Gasteiger partial charge in [0.25, 0.3) is 0 Å². The predicted octanol–water partition coefficient (Wildman–Crippen LogP) is 3.41. The van der Waals surface area contributed by atoms with Crippen molar-refractivity contribution in [3.05, 3.63) is 52.0 Å². The van der Waals surface area contributed by atoms with Crippen molar-refractivity contribution < 1.29 is 22.7 Å². The number of halogens is 2. The summed E-state index contributed by atoms with van der Waals surface area (Å²) in [5, 5.41) is 3.27. The highest BCUT2D eigenvalue weighted by Crippen LogP contribution is 2.33. The average Bonchev–Trinajstić information content (AvgIpc) is 2.67. The number of nitrogens with one attached hydrogen (secondary N) is 1. The Morgan fingerprint density at radius 2 is 1.83 bits per heavy atom. The van der Waals surface area contributed by atoms with Gasteiger partial charge in [-0.3, -0.25) is 9.10 Å². The first-order chi connectivity index (χ1) is 13.6. The molecular weight excluding hydrogens is 439 g/mol. The molecule has 0 aliphatic carbocycles. The van der Waals surface area contributed by atoms with Crippen molar-refractivity contribution in [1.29, 1.82) is 0 Å². The van der Waals surface area contributed by atoms with Crippen molar-refractivity contribution in [2.45, 2.75) is 13.0 Å². The molecule has 0 aromatic heterocycles. The Balaban J connectivity index is 1.76. The normalized spacial score (nSPS) is 14.2. The third kappa shape index (κ3) is 5.26. The van der Waals surface area contributed by atoms with Gasteiger partial charge in [-0.25, -0.2) is 8.42 Å². The molecule has 2 aromatic rings. The molecule has 1 atom stereocenters. The molecule has 7 nitrogen and oxygen atoms in total. The van der Waals surface area contributed by atoms with E-state index in [0.29, 0.717) is 29.7 Å². The van der Waals surface area contributed by atoms with Crippen molar-refractivity contribution in [3.63, 3.8) is 0 Å². The Morgan fingerprint density at radius 1 is 1.14 bits per heavy atom. The molecule has 0 saturated heterocycles. The predicted molar refractivity (Wildman–Crippen MR) is 113 cm³/mol. The zero-order chi connectivity index (χ0) is 21.2. The van der Waals surface area contributed by atoms with E-state index >= 15 is 0 Å². The zero-order valence-electron chi connectivity index (χ0n) is 15.8. The molecule has 2 aromatic carbocycles. The molecule has 0 bridgehead atoms. The Labute approximate surface area is 179 Å². The number of hydrogen-bond acceptors (Lipinski definition) is 5. The van der Waals surface area contributed by atoms with Crippen LogP contribution in [0, 0.1) is 0 Å². The standard InChI is InChI=1S/C19H20Cl2N2O5S/c1-12(13-3-6-17-18(9-13)28-8-7-27-17)22-19(24)11-23(29(2,25)26)16-10-14(20)4-5-15(16)21/h3-6,9-10,12H,7-8,11H2,1-2H3,(H,22,24)/t12-/m1/s1. The highest BCUT2D eigenvalue weighted by atomic mass is 35.5. The summed E-state index contributed by atoms with van der Waals surface area (Å²) in [5.41, 5.74) is 0.943. The van der Waals surface area contributed by atoms with Gasteiger partial charge in [0.05, 0.1) is 23.0 Å². The molecule has 3 rings (SSSR count). The number of fused-ring (bicyclic) bond motifs is 1. The van der Waals surface area contributed by atoms with E-state index in [1.165, 1.54) is 18.2 Å². The number of carbonyl (C=O) groups excluding carboxylic acids is 1. The number of anilines is 1. The van der Waals surface area contributed by atoms with Gasteiger partial charge < -0.3 is 14.8 Å². The number of rotatable bonds is 6. The number of sulfonamides is 1. The lowest BCUT2D eigenvalue weighted by atomic mass is 10.1. The molecule has 1 amide bonds. The smallest absolute Gasteiger partial charge is 0.241 e. The molecule has 156 valence electrons. The molecule has 1 aliphatic rings. The second-order valence-corrected chi connectivity index (χ2v) is 9.31. The van der Waals surface area contributed by atoms with E-state index in [4.69, 9.17) is 32.7 Å². The second-order valence-electron chi connectivity index (χ2n) is 6.56. The molecule has 1 aliphatic heterocycles. The van der Waals surface area contributed by atoms with Gasteiger partial charge in [-0.05, 0) is 42.8 Å². The van der Waals surface area contributed by atoms with Crippen LogP contribution < -0.4 is 19.1 Å². The van der Waals surface area contributed by atoms with Gasteiger partial charge in [0.15, 0.2) is 11.5 Å². The summed E-state index contributed by atoms with van der Waals surface area (Å²) in [6.07, 6.45) is 1.00. The molecule has 0 radical (unpaired) electrons. The van der Waals surface area contributed by atoms with E-state index in [2.05, 4.69) is 5.32 Å². The van der Waals surface area contributed by atoms with Crippen LogP contribution in [0.25, 0.3) is 0 Å². The molecule has 1 N–H and O–H groups in total. The minimum atomic E-state index is -3.77. The lowest BCUT2D eigenvalue weighted by Gasteiger charge is -2.25. The molecule has 0 saturated carbocycles. The third-order valence-corrected chi connectivity index (χ3v) is 5.99. The van der Waals surface area contributed by atoms with Crippen molar-refractivity contribution in [2.75, 3.05) is 30.3 Å². The van der Waals surface area contributed by atoms with Crippen LogP contribution in [0.3, 0.4) is 0 Å². The summed E-state index contributed by atoms with van der Waals surface area (Å²) in [6.45, 7) is 2.31. The van der Waals surface area contributed by atoms with Crippen LogP contribution in [-0.2, 0) is 14.8 Å². The van der Waals surface area contributed by atoms with Gasteiger partial charge in [-0.1, -0.05) is 29.3 Å². The minimum Gasteiger partial charge on any atom is -0.486 e. The highest BCUT2D eigenvalue weighted by Gasteiger charge is 2.24. The Kier molecular flexibility index (Phi) is 6.45. The molecule has 1 heterocycles.